The molecule has 0 atom stereocenters. The second kappa shape index (κ2) is 4.76. The lowest BCUT2D eigenvalue weighted by Crippen LogP contribution is -2.14. The first-order valence-electron chi connectivity index (χ1n) is 6.01. The summed E-state index contributed by atoms with van der Waals surface area (Å²) in [5.74, 6) is 1.50. The molecule has 0 aliphatic heterocycles. The molecule has 5 nitrogen and oxygen atoms in total. The molecule has 0 radical (unpaired) electrons. The van der Waals surface area contributed by atoms with Crippen molar-refractivity contribution < 1.29 is 4.52 Å². The zero-order valence-electron chi connectivity index (χ0n) is 11.5. The first kappa shape index (κ1) is 12.5. The molecule has 0 unspecified atom stereocenters. The Bertz CT molecular complexity index is 541. The van der Waals surface area contributed by atoms with Crippen LogP contribution in [0.2, 0.25) is 0 Å². The Hall–Kier alpha value is -1.91. The van der Waals surface area contributed by atoms with Crippen LogP contribution < -0.4 is 4.90 Å². The van der Waals surface area contributed by atoms with Gasteiger partial charge >= 0.3 is 0 Å². The lowest BCUT2D eigenvalue weighted by molar-refractivity contribution is 0.393. The molecule has 0 bridgehead atoms. The third-order valence-electron chi connectivity index (χ3n) is 2.82. The van der Waals surface area contributed by atoms with E-state index in [4.69, 9.17) is 4.52 Å². The molecule has 0 spiro atoms. The molecule has 2 aromatic rings. The first-order valence-corrected chi connectivity index (χ1v) is 6.01. The van der Waals surface area contributed by atoms with Crippen molar-refractivity contribution in [2.75, 3.05) is 19.0 Å². The molecular formula is C13H18N4O. The van der Waals surface area contributed by atoms with Crippen molar-refractivity contribution >= 4 is 5.95 Å². The number of anilines is 1. The van der Waals surface area contributed by atoms with Gasteiger partial charge in [0.25, 0.3) is 0 Å². The van der Waals surface area contributed by atoms with Gasteiger partial charge in [0.05, 0.1) is 17.0 Å². The molecule has 0 aliphatic rings. The van der Waals surface area contributed by atoms with Gasteiger partial charge in [0.2, 0.25) is 5.95 Å². The molecular weight excluding hydrogens is 228 g/mol. The van der Waals surface area contributed by atoms with Crippen LogP contribution in [0, 0.1) is 13.8 Å². The highest BCUT2D eigenvalue weighted by Crippen LogP contribution is 2.26. The lowest BCUT2D eigenvalue weighted by atomic mass is 10.1. The van der Waals surface area contributed by atoms with E-state index in [0.29, 0.717) is 5.95 Å². The zero-order valence-corrected chi connectivity index (χ0v) is 11.5. The number of hydrogen-bond donors (Lipinski definition) is 0. The van der Waals surface area contributed by atoms with Crippen molar-refractivity contribution in [3.63, 3.8) is 0 Å². The molecule has 0 aliphatic carbocycles. The fourth-order valence-corrected chi connectivity index (χ4v) is 1.84. The van der Waals surface area contributed by atoms with E-state index < -0.39 is 0 Å². The minimum atomic E-state index is 0.712. The quantitative estimate of drug-likeness (QED) is 0.832. The number of nitrogens with zero attached hydrogens (tertiary/aromatic N) is 4. The van der Waals surface area contributed by atoms with Gasteiger partial charge in [0.15, 0.2) is 0 Å². The van der Waals surface area contributed by atoms with Crippen LogP contribution in [-0.4, -0.2) is 29.2 Å². The van der Waals surface area contributed by atoms with E-state index in [1.165, 1.54) is 0 Å². The van der Waals surface area contributed by atoms with Gasteiger partial charge in [-0.25, -0.2) is 9.97 Å². The molecule has 0 aromatic carbocycles. The Morgan fingerprint density at radius 3 is 2.44 bits per heavy atom. The van der Waals surface area contributed by atoms with Crippen LogP contribution in [0.15, 0.2) is 10.6 Å². The third kappa shape index (κ3) is 2.20. The standard InChI is InChI=1S/C13H18N4O/c1-6-10-7-11(15-13(14-10)17(4)5)12-8(2)16-18-9(12)3/h7H,6H2,1-5H3. The smallest absolute Gasteiger partial charge is 0.225 e. The molecule has 0 fully saturated rings. The summed E-state index contributed by atoms with van der Waals surface area (Å²) in [6, 6.07) is 2.00. The largest absolute Gasteiger partial charge is 0.361 e. The second-order valence-corrected chi connectivity index (χ2v) is 4.49. The Balaban J connectivity index is 2.60. The van der Waals surface area contributed by atoms with Crippen molar-refractivity contribution in [1.82, 2.24) is 15.1 Å². The first-order chi connectivity index (χ1) is 8.52. The SMILES string of the molecule is CCc1cc(-c2c(C)noc2C)nc(N(C)C)n1. The highest BCUT2D eigenvalue weighted by atomic mass is 16.5. The monoisotopic (exact) mass is 246 g/mol. The molecule has 0 saturated heterocycles. The summed E-state index contributed by atoms with van der Waals surface area (Å²) >= 11 is 0. The number of hydrogen-bond acceptors (Lipinski definition) is 5. The predicted octanol–water partition coefficient (Wildman–Crippen LogP) is 2.38. The minimum absolute atomic E-state index is 0.712. The van der Waals surface area contributed by atoms with Crippen molar-refractivity contribution in [2.24, 2.45) is 0 Å². The summed E-state index contributed by atoms with van der Waals surface area (Å²) < 4.78 is 5.20. The van der Waals surface area contributed by atoms with Crippen molar-refractivity contribution in [1.29, 1.82) is 0 Å². The second-order valence-electron chi connectivity index (χ2n) is 4.49. The predicted molar refractivity (Wildman–Crippen MR) is 70.7 cm³/mol. The average molecular weight is 246 g/mol. The van der Waals surface area contributed by atoms with Gasteiger partial charge in [-0.05, 0) is 26.3 Å². The van der Waals surface area contributed by atoms with Gasteiger partial charge in [-0.1, -0.05) is 12.1 Å². The molecule has 0 amide bonds. The van der Waals surface area contributed by atoms with Crippen LogP contribution in [0.3, 0.4) is 0 Å². The van der Waals surface area contributed by atoms with Gasteiger partial charge in [-0.15, -0.1) is 0 Å². The summed E-state index contributed by atoms with van der Waals surface area (Å²) in [5.41, 5.74) is 3.72. The van der Waals surface area contributed by atoms with E-state index in [1.807, 2.05) is 38.9 Å². The van der Waals surface area contributed by atoms with E-state index in [1.54, 1.807) is 0 Å². The highest BCUT2D eigenvalue weighted by molar-refractivity contribution is 5.65. The number of rotatable bonds is 3. The summed E-state index contributed by atoms with van der Waals surface area (Å²) in [6.07, 6.45) is 0.875. The van der Waals surface area contributed by atoms with E-state index in [9.17, 15) is 0 Å². The Morgan fingerprint density at radius 1 is 1.22 bits per heavy atom. The van der Waals surface area contributed by atoms with Gasteiger partial charge < -0.3 is 9.42 Å². The lowest BCUT2D eigenvalue weighted by Gasteiger charge is -2.13. The molecule has 2 rings (SSSR count). The summed E-state index contributed by atoms with van der Waals surface area (Å²) in [5, 5.41) is 3.97. The Labute approximate surface area is 107 Å². The van der Waals surface area contributed by atoms with E-state index in [2.05, 4.69) is 22.0 Å². The van der Waals surface area contributed by atoms with Crippen molar-refractivity contribution in [3.8, 4) is 11.3 Å². The van der Waals surface area contributed by atoms with E-state index in [0.717, 1.165) is 34.8 Å². The van der Waals surface area contributed by atoms with Crippen LogP contribution in [-0.2, 0) is 6.42 Å². The molecule has 5 heteroatoms. The molecule has 96 valence electrons. The van der Waals surface area contributed by atoms with Gasteiger partial charge in [0.1, 0.15) is 5.76 Å². The molecule has 2 heterocycles. The maximum absolute atomic E-state index is 5.20. The van der Waals surface area contributed by atoms with Crippen LogP contribution in [0.1, 0.15) is 24.1 Å². The van der Waals surface area contributed by atoms with E-state index >= 15 is 0 Å². The fraction of sp³-hybridized carbons (Fsp3) is 0.462. The Kier molecular flexibility index (Phi) is 3.32. The zero-order chi connectivity index (χ0) is 13.3. The molecule has 0 saturated carbocycles. The van der Waals surface area contributed by atoms with Gasteiger partial charge in [-0.2, -0.15) is 0 Å². The highest BCUT2D eigenvalue weighted by Gasteiger charge is 2.15. The fourth-order valence-electron chi connectivity index (χ4n) is 1.84. The minimum Gasteiger partial charge on any atom is -0.361 e. The average Bonchev–Trinajstić information content (AvgIpc) is 2.68. The third-order valence-corrected chi connectivity index (χ3v) is 2.82. The van der Waals surface area contributed by atoms with Gasteiger partial charge in [0, 0.05) is 19.8 Å². The van der Waals surface area contributed by atoms with Crippen molar-refractivity contribution in [2.45, 2.75) is 27.2 Å². The molecule has 2 aromatic heterocycles. The van der Waals surface area contributed by atoms with E-state index in [-0.39, 0.29) is 0 Å². The number of aryl methyl sites for hydroxylation is 3. The van der Waals surface area contributed by atoms with Crippen LogP contribution >= 0.6 is 0 Å². The maximum Gasteiger partial charge on any atom is 0.225 e. The molecule has 18 heavy (non-hydrogen) atoms. The maximum atomic E-state index is 5.20. The van der Waals surface area contributed by atoms with Crippen LogP contribution in [0.5, 0.6) is 0 Å². The Morgan fingerprint density at radius 2 is 1.94 bits per heavy atom. The van der Waals surface area contributed by atoms with Crippen LogP contribution in [0.25, 0.3) is 11.3 Å². The summed E-state index contributed by atoms with van der Waals surface area (Å²) in [4.78, 5) is 10.9. The molecule has 0 N–H and O–H groups in total. The summed E-state index contributed by atoms with van der Waals surface area (Å²) in [7, 11) is 3.87. The van der Waals surface area contributed by atoms with Crippen LogP contribution in [0.4, 0.5) is 5.95 Å². The normalized spacial score (nSPS) is 10.7. The topological polar surface area (TPSA) is 55.1 Å². The number of aromatic nitrogens is 3. The summed E-state index contributed by atoms with van der Waals surface area (Å²) in [6.45, 7) is 5.91. The van der Waals surface area contributed by atoms with Crippen molar-refractivity contribution in [3.05, 3.63) is 23.2 Å². The van der Waals surface area contributed by atoms with Gasteiger partial charge in [-0.3, -0.25) is 0 Å².